The third-order valence-electron chi connectivity index (χ3n) is 8.84. The number of unbranched alkanes of at least 4 members (excludes halogenated alkanes) is 2. The van der Waals surface area contributed by atoms with Crippen LogP contribution in [0.25, 0.3) is 66.1 Å². The van der Waals surface area contributed by atoms with Crippen molar-refractivity contribution in [2.75, 3.05) is 0 Å². The van der Waals surface area contributed by atoms with Gasteiger partial charge in [-0.1, -0.05) is 136 Å². The SMILES string of the molecule is CCCCc1c2c(c(CCCC)c3c(-c4ccccc4)ccc(-c4ccccc4)c13)-c1cccc3cccc-2c13. The standard InChI is InChI=1S/C40H36/c1-3-5-21-34-37-30(27-15-9-7-10-16-27)25-26-31(28-17-11-8-12-18-28)38(37)35(22-6-4-2)40-33-24-14-20-29-19-13-23-32(36(29)33)39(34)40/h7-20,23-26H,3-6,21-22H2,1-2H3. The average Bonchev–Trinajstić information content (AvgIpc) is 3.35. The van der Waals surface area contributed by atoms with Gasteiger partial charge in [-0.15, -0.1) is 0 Å². The number of hydrogen-bond acceptors (Lipinski definition) is 0. The Morgan fingerprint density at radius 1 is 0.400 bits per heavy atom. The Hall–Kier alpha value is -4.16. The second kappa shape index (κ2) is 10.4. The van der Waals surface area contributed by atoms with Crippen molar-refractivity contribution in [2.45, 2.75) is 52.4 Å². The molecule has 0 heteroatoms. The minimum absolute atomic E-state index is 1.09. The predicted octanol–water partition coefficient (Wildman–Crippen LogP) is 11.7. The molecule has 0 spiro atoms. The predicted molar refractivity (Wildman–Crippen MR) is 174 cm³/mol. The topological polar surface area (TPSA) is 0 Å². The average molecular weight is 517 g/mol. The summed E-state index contributed by atoms with van der Waals surface area (Å²) in [7, 11) is 0. The summed E-state index contributed by atoms with van der Waals surface area (Å²) in [5.41, 5.74) is 14.3. The van der Waals surface area contributed by atoms with Crippen molar-refractivity contribution in [3.05, 3.63) is 120 Å². The molecule has 0 N–H and O–H groups in total. The Balaban J connectivity index is 1.72. The zero-order chi connectivity index (χ0) is 27.1. The van der Waals surface area contributed by atoms with Crippen LogP contribution in [0.1, 0.15) is 50.7 Å². The first-order valence-electron chi connectivity index (χ1n) is 15.1. The van der Waals surface area contributed by atoms with Crippen molar-refractivity contribution >= 4 is 21.5 Å². The van der Waals surface area contributed by atoms with E-state index < -0.39 is 0 Å². The monoisotopic (exact) mass is 516 g/mol. The van der Waals surface area contributed by atoms with Crippen LogP contribution in [0.2, 0.25) is 0 Å². The lowest BCUT2D eigenvalue weighted by atomic mass is 9.79. The van der Waals surface area contributed by atoms with E-state index >= 15 is 0 Å². The summed E-state index contributed by atoms with van der Waals surface area (Å²) in [6.07, 6.45) is 6.92. The Labute approximate surface area is 238 Å². The van der Waals surface area contributed by atoms with Crippen LogP contribution < -0.4 is 0 Å². The second-order valence-electron chi connectivity index (χ2n) is 11.3. The maximum absolute atomic E-state index is 2.40. The normalized spacial score (nSPS) is 11.8. The maximum atomic E-state index is 2.40. The van der Waals surface area contributed by atoms with Crippen LogP contribution in [-0.4, -0.2) is 0 Å². The van der Waals surface area contributed by atoms with E-state index in [0.717, 1.165) is 12.8 Å². The van der Waals surface area contributed by atoms with E-state index in [2.05, 4.69) is 123 Å². The molecule has 0 heterocycles. The van der Waals surface area contributed by atoms with E-state index in [4.69, 9.17) is 0 Å². The molecule has 0 unspecified atom stereocenters. The molecule has 0 atom stereocenters. The van der Waals surface area contributed by atoms with Gasteiger partial charge in [0.2, 0.25) is 0 Å². The minimum Gasteiger partial charge on any atom is -0.0654 e. The first-order chi connectivity index (χ1) is 19.8. The van der Waals surface area contributed by atoms with Gasteiger partial charge in [-0.3, -0.25) is 0 Å². The Kier molecular flexibility index (Phi) is 6.48. The van der Waals surface area contributed by atoms with Gasteiger partial charge in [-0.05, 0) is 103 Å². The summed E-state index contributed by atoms with van der Waals surface area (Å²) in [5.74, 6) is 0. The van der Waals surface area contributed by atoms with Crippen molar-refractivity contribution in [1.82, 2.24) is 0 Å². The van der Waals surface area contributed by atoms with Gasteiger partial charge in [0.25, 0.3) is 0 Å². The van der Waals surface area contributed by atoms with Crippen LogP contribution in [0.5, 0.6) is 0 Å². The van der Waals surface area contributed by atoms with E-state index in [1.165, 1.54) is 103 Å². The molecule has 1 aliphatic carbocycles. The first kappa shape index (κ1) is 24.9. The lowest BCUT2D eigenvalue weighted by molar-refractivity contribution is 0.794. The lowest BCUT2D eigenvalue weighted by Gasteiger charge is -2.24. The molecule has 6 aromatic carbocycles. The first-order valence-corrected chi connectivity index (χ1v) is 15.1. The minimum atomic E-state index is 1.09. The highest BCUT2D eigenvalue weighted by atomic mass is 14.3. The molecule has 0 saturated heterocycles. The van der Waals surface area contributed by atoms with Crippen LogP contribution in [0.15, 0.2) is 109 Å². The quantitative estimate of drug-likeness (QED) is 0.188. The number of hydrogen-bond donors (Lipinski definition) is 0. The molecule has 7 rings (SSSR count). The molecular formula is C40H36. The van der Waals surface area contributed by atoms with E-state index in [1.54, 1.807) is 0 Å². The van der Waals surface area contributed by atoms with E-state index in [9.17, 15) is 0 Å². The second-order valence-corrected chi connectivity index (χ2v) is 11.3. The van der Waals surface area contributed by atoms with Gasteiger partial charge in [-0.2, -0.15) is 0 Å². The smallest absolute Gasteiger partial charge is 0.00262 e. The fourth-order valence-corrected chi connectivity index (χ4v) is 7.06. The van der Waals surface area contributed by atoms with Crippen LogP contribution >= 0.6 is 0 Å². The Morgan fingerprint density at radius 3 is 1.27 bits per heavy atom. The lowest BCUT2D eigenvalue weighted by Crippen LogP contribution is -2.02. The third-order valence-corrected chi connectivity index (χ3v) is 8.84. The van der Waals surface area contributed by atoms with Gasteiger partial charge < -0.3 is 0 Å². The summed E-state index contributed by atoms with van der Waals surface area (Å²) >= 11 is 0. The summed E-state index contributed by atoms with van der Waals surface area (Å²) in [6.45, 7) is 4.64. The highest BCUT2D eigenvalue weighted by molar-refractivity contribution is 6.23. The number of fused-ring (bicyclic) bond motifs is 4. The largest absolute Gasteiger partial charge is 0.0654 e. The van der Waals surface area contributed by atoms with Crippen molar-refractivity contribution in [1.29, 1.82) is 0 Å². The number of benzene rings is 6. The van der Waals surface area contributed by atoms with E-state index in [-0.39, 0.29) is 0 Å². The van der Waals surface area contributed by atoms with Crippen LogP contribution in [0.3, 0.4) is 0 Å². The number of rotatable bonds is 8. The zero-order valence-electron chi connectivity index (χ0n) is 23.6. The molecule has 0 amide bonds. The summed E-state index contributed by atoms with van der Waals surface area (Å²) in [6, 6.07) is 40.8. The van der Waals surface area contributed by atoms with Gasteiger partial charge in [0.15, 0.2) is 0 Å². The summed E-state index contributed by atoms with van der Waals surface area (Å²) in [5, 5.41) is 5.73. The summed E-state index contributed by atoms with van der Waals surface area (Å²) in [4.78, 5) is 0. The highest BCUT2D eigenvalue weighted by Gasteiger charge is 2.30. The van der Waals surface area contributed by atoms with Crippen molar-refractivity contribution in [3.63, 3.8) is 0 Å². The van der Waals surface area contributed by atoms with Gasteiger partial charge >= 0.3 is 0 Å². The molecule has 196 valence electrons. The third kappa shape index (κ3) is 3.89. The van der Waals surface area contributed by atoms with E-state index in [0.29, 0.717) is 0 Å². The highest BCUT2D eigenvalue weighted by Crippen LogP contribution is 2.55. The molecule has 0 nitrogen and oxygen atoms in total. The Bertz CT molecular complexity index is 1710. The number of aryl methyl sites for hydroxylation is 2. The van der Waals surface area contributed by atoms with Crippen molar-refractivity contribution in [3.8, 4) is 44.5 Å². The maximum Gasteiger partial charge on any atom is -0.00262 e. The molecule has 0 aromatic heterocycles. The molecule has 0 aliphatic heterocycles. The fourth-order valence-electron chi connectivity index (χ4n) is 7.06. The zero-order valence-corrected chi connectivity index (χ0v) is 23.6. The molecule has 0 fully saturated rings. The van der Waals surface area contributed by atoms with Gasteiger partial charge in [0.05, 0.1) is 0 Å². The van der Waals surface area contributed by atoms with Crippen LogP contribution in [-0.2, 0) is 12.8 Å². The Morgan fingerprint density at radius 2 is 0.850 bits per heavy atom. The van der Waals surface area contributed by atoms with Gasteiger partial charge in [0.1, 0.15) is 0 Å². The molecule has 0 bridgehead atoms. The fraction of sp³-hybridized carbons (Fsp3) is 0.200. The van der Waals surface area contributed by atoms with Crippen molar-refractivity contribution < 1.29 is 0 Å². The molecule has 6 aromatic rings. The molecule has 0 radical (unpaired) electrons. The molecule has 0 saturated carbocycles. The molecular weight excluding hydrogens is 480 g/mol. The summed E-state index contributed by atoms with van der Waals surface area (Å²) < 4.78 is 0. The molecule has 1 aliphatic rings. The van der Waals surface area contributed by atoms with E-state index in [1.807, 2.05) is 0 Å². The van der Waals surface area contributed by atoms with Gasteiger partial charge in [-0.25, -0.2) is 0 Å². The van der Waals surface area contributed by atoms with Gasteiger partial charge in [0, 0.05) is 0 Å². The van der Waals surface area contributed by atoms with Crippen LogP contribution in [0.4, 0.5) is 0 Å². The molecule has 40 heavy (non-hydrogen) atoms. The van der Waals surface area contributed by atoms with Crippen LogP contribution in [0, 0.1) is 0 Å². The van der Waals surface area contributed by atoms with Crippen molar-refractivity contribution in [2.24, 2.45) is 0 Å².